The van der Waals surface area contributed by atoms with E-state index in [9.17, 15) is 9.59 Å². The summed E-state index contributed by atoms with van der Waals surface area (Å²) in [6.07, 6.45) is 1.52. The molecule has 1 aromatic heterocycles. The van der Waals surface area contributed by atoms with Gasteiger partial charge in [0, 0.05) is 11.3 Å². The van der Waals surface area contributed by atoms with Gasteiger partial charge in [-0.1, -0.05) is 72.8 Å². The molecule has 4 aromatic carbocycles. The third kappa shape index (κ3) is 5.29. The van der Waals surface area contributed by atoms with Gasteiger partial charge in [0.05, 0.1) is 30.3 Å². The molecule has 0 aliphatic rings. The van der Waals surface area contributed by atoms with Gasteiger partial charge in [-0.3, -0.25) is 4.79 Å². The lowest BCUT2D eigenvalue weighted by atomic mass is 10.1. The third-order valence-electron chi connectivity index (χ3n) is 6.12. The molecule has 5 rings (SSSR count). The van der Waals surface area contributed by atoms with E-state index in [2.05, 4.69) is 51.5 Å². The zero-order chi connectivity index (χ0) is 26.3. The number of hydrogen-bond acceptors (Lipinski definition) is 4. The summed E-state index contributed by atoms with van der Waals surface area (Å²) in [6.45, 7) is 0. The molecule has 5 aromatic rings. The molecule has 0 bridgehead atoms. The molecule has 0 aliphatic heterocycles. The van der Waals surface area contributed by atoms with Gasteiger partial charge < -0.3 is 9.30 Å². The van der Waals surface area contributed by atoms with E-state index in [-0.39, 0.29) is 5.91 Å². The molecule has 6 heteroatoms. The lowest BCUT2D eigenvalue weighted by molar-refractivity contribution is 0.0600. The molecule has 0 radical (unpaired) electrons. The fraction of sp³-hybridized carbons (Fsp3) is 0.0312. The van der Waals surface area contributed by atoms with Gasteiger partial charge in [0.15, 0.2) is 0 Å². The molecule has 0 saturated carbocycles. The van der Waals surface area contributed by atoms with Gasteiger partial charge in [-0.2, -0.15) is 5.10 Å². The van der Waals surface area contributed by atoms with Crippen molar-refractivity contribution in [1.82, 2.24) is 9.99 Å². The Bertz CT molecular complexity index is 1510. The predicted molar refractivity (Wildman–Crippen MR) is 149 cm³/mol. The first-order valence-corrected chi connectivity index (χ1v) is 12.1. The van der Waals surface area contributed by atoms with Crippen molar-refractivity contribution in [3.63, 3.8) is 0 Å². The molecule has 6 nitrogen and oxygen atoms in total. The van der Waals surface area contributed by atoms with Crippen LogP contribution in [-0.4, -0.2) is 29.8 Å². The molecular weight excluding hydrogens is 474 g/mol. The Hall–Kier alpha value is -5.23. The monoisotopic (exact) mass is 499 g/mol. The molecule has 186 valence electrons. The molecule has 0 unspecified atom stereocenters. The van der Waals surface area contributed by atoms with Crippen LogP contribution in [0.4, 0.5) is 0 Å². The zero-order valence-electron chi connectivity index (χ0n) is 20.7. The van der Waals surface area contributed by atoms with E-state index in [1.54, 1.807) is 36.4 Å². The summed E-state index contributed by atoms with van der Waals surface area (Å²) in [7, 11) is 1.34. The highest BCUT2D eigenvalue weighted by molar-refractivity contribution is 5.95. The van der Waals surface area contributed by atoms with E-state index < -0.39 is 5.97 Å². The highest BCUT2D eigenvalue weighted by Gasteiger charge is 2.14. The first-order valence-electron chi connectivity index (χ1n) is 12.1. The van der Waals surface area contributed by atoms with Crippen LogP contribution in [0.15, 0.2) is 126 Å². The molecule has 0 fully saturated rings. The summed E-state index contributed by atoms with van der Waals surface area (Å²) in [5, 5.41) is 4.05. The Morgan fingerprint density at radius 2 is 1.21 bits per heavy atom. The molecule has 0 saturated heterocycles. The topological polar surface area (TPSA) is 72.7 Å². The number of ether oxygens (including phenoxy) is 1. The average Bonchev–Trinajstić information content (AvgIpc) is 3.43. The molecule has 1 amide bonds. The van der Waals surface area contributed by atoms with E-state index in [0.717, 1.165) is 33.8 Å². The first-order chi connectivity index (χ1) is 18.6. The van der Waals surface area contributed by atoms with E-state index in [0.29, 0.717) is 11.1 Å². The van der Waals surface area contributed by atoms with Crippen molar-refractivity contribution in [3.8, 4) is 28.2 Å². The summed E-state index contributed by atoms with van der Waals surface area (Å²) < 4.78 is 6.89. The highest BCUT2D eigenvalue weighted by Crippen LogP contribution is 2.32. The minimum Gasteiger partial charge on any atom is -0.465 e. The quantitative estimate of drug-likeness (QED) is 0.161. The van der Waals surface area contributed by atoms with Gasteiger partial charge in [-0.05, 0) is 65.2 Å². The van der Waals surface area contributed by atoms with Crippen LogP contribution in [0.5, 0.6) is 0 Å². The van der Waals surface area contributed by atoms with Crippen molar-refractivity contribution < 1.29 is 14.3 Å². The number of amides is 1. The number of nitrogens with zero attached hydrogens (tertiary/aromatic N) is 2. The minimum atomic E-state index is -0.406. The number of rotatable bonds is 7. The Morgan fingerprint density at radius 1 is 0.684 bits per heavy atom. The van der Waals surface area contributed by atoms with Crippen LogP contribution >= 0.6 is 0 Å². The van der Waals surface area contributed by atoms with E-state index >= 15 is 0 Å². The van der Waals surface area contributed by atoms with Crippen LogP contribution in [0.25, 0.3) is 28.2 Å². The Labute approximate surface area is 220 Å². The molecule has 0 spiro atoms. The normalized spacial score (nSPS) is 10.9. The van der Waals surface area contributed by atoms with Crippen molar-refractivity contribution in [1.29, 1.82) is 0 Å². The maximum Gasteiger partial charge on any atom is 0.337 e. The fourth-order valence-electron chi connectivity index (χ4n) is 4.20. The molecule has 38 heavy (non-hydrogen) atoms. The summed E-state index contributed by atoms with van der Waals surface area (Å²) in [5.41, 5.74) is 9.50. The Balaban J connectivity index is 1.36. The molecule has 0 atom stereocenters. The summed E-state index contributed by atoms with van der Waals surface area (Å²) >= 11 is 0. The number of hydrazone groups is 1. The van der Waals surface area contributed by atoms with Gasteiger partial charge in [0.1, 0.15) is 0 Å². The van der Waals surface area contributed by atoms with E-state index in [4.69, 9.17) is 4.74 Å². The number of hydrogen-bond donors (Lipinski definition) is 1. The van der Waals surface area contributed by atoms with Crippen LogP contribution in [0, 0.1) is 0 Å². The third-order valence-corrected chi connectivity index (χ3v) is 6.12. The Kier molecular flexibility index (Phi) is 7.23. The van der Waals surface area contributed by atoms with Gasteiger partial charge in [0.2, 0.25) is 0 Å². The second-order valence-corrected chi connectivity index (χ2v) is 8.53. The zero-order valence-corrected chi connectivity index (χ0v) is 20.7. The molecule has 1 heterocycles. The minimum absolute atomic E-state index is 0.321. The largest absolute Gasteiger partial charge is 0.465 e. The van der Waals surface area contributed by atoms with Gasteiger partial charge in [-0.15, -0.1) is 0 Å². The summed E-state index contributed by atoms with van der Waals surface area (Å²) in [5.74, 6) is -0.727. The molecular formula is C32H25N3O3. The number of benzene rings is 4. The van der Waals surface area contributed by atoms with Crippen LogP contribution < -0.4 is 5.43 Å². The van der Waals surface area contributed by atoms with Crippen molar-refractivity contribution in [2.75, 3.05) is 7.11 Å². The van der Waals surface area contributed by atoms with Crippen LogP contribution in [0.3, 0.4) is 0 Å². The van der Waals surface area contributed by atoms with Crippen molar-refractivity contribution >= 4 is 18.1 Å². The maximum absolute atomic E-state index is 12.7. The first kappa shape index (κ1) is 24.5. The molecule has 0 aliphatic carbocycles. The summed E-state index contributed by atoms with van der Waals surface area (Å²) in [4.78, 5) is 24.3. The lowest BCUT2D eigenvalue weighted by Crippen LogP contribution is -2.17. The average molecular weight is 500 g/mol. The second-order valence-electron chi connectivity index (χ2n) is 8.53. The van der Waals surface area contributed by atoms with E-state index in [1.165, 1.54) is 13.3 Å². The van der Waals surface area contributed by atoms with Crippen molar-refractivity contribution in [2.24, 2.45) is 5.10 Å². The molecule has 1 N–H and O–H groups in total. The van der Waals surface area contributed by atoms with E-state index in [1.807, 2.05) is 48.5 Å². The SMILES string of the molecule is COC(=O)c1ccc(/C=N\NC(=O)c2ccc(-n3c(-c4ccccc4)ccc3-c3ccccc3)cc2)cc1. The van der Waals surface area contributed by atoms with Crippen molar-refractivity contribution in [2.45, 2.75) is 0 Å². The standard InChI is InChI=1S/C32H25N3O3/c1-38-32(37)27-14-12-23(13-15-27)22-33-34-31(36)26-16-18-28(19-17-26)35-29(24-8-4-2-5-9-24)20-21-30(35)25-10-6-3-7-11-25/h2-22H,1H3,(H,34,36)/b33-22-. The number of aromatic nitrogens is 1. The second kappa shape index (κ2) is 11.2. The van der Waals surface area contributed by atoms with Gasteiger partial charge >= 0.3 is 5.97 Å². The Morgan fingerprint density at radius 3 is 1.74 bits per heavy atom. The van der Waals surface area contributed by atoms with Crippen LogP contribution in [0.2, 0.25) is 0 Å². The number of esters is 1. The maximum atomic E-state index is 12.7. The number of carbonyl (C=O) groups is 2. The highest BCUT2D eigenvalue weighted by atomic mass is 16.5. The number of nitrogens with one attached hydrogen (secondary N) is 1. The summed E-state index contributed by atoms with van der Waals surface area (Å²) in [6, 6.07) is 38.9. The fourth-order valence-corrected chi connectivity index (χ4v) is 4.20. The smallest absolute Gasteiger partial charge is 0.337 e. The predicted octanol–water partition coefficient (Wildman–Crippen LogP) is 6.36. The van der Waals surface area contributed by atoms with Crippen molar-refractivity contribution in [3.05, 3.63) is 138 Å². The number of methoxy groups -OCH3 is 1. The van der Waals surface area contributed by atoms with Crippen LogP contribution in [-0.2, 0) is 4.74 Å². The van der Waals surface area contributed by atoms with Gasteiger partial charge in [-0.25, -0.2) is 10.2 Å². The van der Waals surface area contributed by atoms with Crippen LogP contribution in [0.1, 0.15) is 26.3 Å². The van der Waals surface area contributed by atoms with Gasteiger partial charge in [0.25, 0.3) is 5.91 Å². The lowest BCUT2D eigenvalue weighted by Gasteiger charge is -2.15. The number of carbonyl (C=O) groups excluding carboxylic acids is 2.